The summed E-state index contributed by atoms with van der Waals surface area (Å²) in [5, 5.41) is 0. The number of benzene rings is 4. The molecule has 0 radical (unpaired) electrons. The number of carbonyl (C=O) groups excluding carboxylic acids is 1. The first-order valence-corrected chi connectivity index (χ1v) is 15.0. The number of ether oxygens (including phenoxy) is 6. The van der Waals surface area contributed by atoms with Gasteiger partial charge < -0.3 is 28.4 Å². The van der Waals surface area contributed by atoms with Crippen molar-refractivity contribution in [3.8, 4) is 5.75 Å². The molecule has 7 nitrogen and oxygen atoms in total. The van der Waals surface area contributed by atoms with E-state index in [1.54, 1.807) is 7.11 Å². The molecule has 0 N–H and O–H groups in total. The highest BCUT2D eigenvalue weighted by atomic mass is 32.2. The van der Waals surface area contributed by atoms with E-state index in [0.717, 1.165) is 27.3 Å². The minimum atomic E-state index is -1.04. The van der Waals surface area contributed by atoms with E-state index < -0.39 is 35.8 Å². The van der Waals surface area contributed by atoms with E-state index in [1.807, 2.05) is 115 Å². The van der Waals surface area contributed by atoms with Gasteiger partial charge in [0.25, 0.3) is 0 Å². The fraction of sp³-hybridized carbons (Fsp3) is 0.286. The second-order valence-corrected chi connectivity index (χ2v) is 11.2. The quantitative estimate of drug-likeness (QED) is 0.162. The molecule has 0 amide bonds. The summed E-state index contributed by atoms with van der Waals surface area (Å²) < 4.78 is 36.7. The third-order valence-corrected chi connectivity index (χ3v) is 8.25. The Bertz CT molecular complexity index is 1390. The van der Waals surface area contributed by atoms with Crippen LogP contribution in [0.25, 0.3) is 0 Å². The molecule has 0 saturated carbocycles. The molecule has 4 aromatic rings. The number of methoxy groups -OCH3 is 2. The zero-order valence-electron chi connectivity index (χ0n) is 24.2. The predicted molar refractivity (Wildman–Crippen MR) is 165 cm³/mol. The van der Waals surface area contributed by atoms with Crippen LogP contribution in [-0.2, 0) is 48.3 Å². The summed E-state index contributed by atoms with van der Waals surface area (Å²) in [7, 11) is 2.98. The minimum Gasteiger partial charge on any atom is -0.497 e. The molecule has 0 aromatic heterocycles. The summed E-state index contributed by atoms with van der Waals surface area (Å²) in [6.45, 7) is 0.855. The third kappa shape index (κ3) is 8.46. The molecule has 0 bridgehead atoms. The molecule has 1 aliphatic heterocycles. The smallest absolute Gasteiger partial charge is 0.337 e. The molecular weight excluding hydrogens is 564 g/mol. The molecular formula is C35H36O7S. The molecule has 5 atom stereocenters. The molecule has 0 aliphatic carbocycles. The lowest BCUT2D eigenvalue weighted by Crippen LogP contribution is -2.61. The van der Waals surface area contributed by atoms with Crippen LogP contribution in [0.3, 0.4) is 0 Å². The Kier molecular flexibility index (Phi) is 11.2. The number of rotatable bonds is 13. The van der Waals surface area contributed by atoms with Crippen molar-refractivity contribution in [3.05, 3.63) is 132 Å². The van der Waals surface area contributed by atoms with Crippen LogP contribution in [0, 0.1) is 0 Å². The number of hydrogen-bond acceptors (Lipinski definition) is 8. The molecule has 1 saturated heterocycles. The standard InChI is InChI=1S/C35H36O7S/c1-37-28-20-18-27(19-21-28)24-39-30-31(40-22-25-12-6-3-7-13-25)33(41-23-26-14-8-4-9-15-26)35(42-32(30)34(36)38-2)43-29-16-10-5-11-17-29/h3-21,30-33,35H,22-24H2,1-2H3/t30-,31-,32-,33+,35-/m0/s1. The number of thioether (sulfide) groups is 1. The third-order valence-electron chi connectivity index (χ3n) is 7.10. The topological polar surface area (TPSA) is 72.5 Å². The zero-order valence-corrected chi connectivity index (χ0v) is 25.1. The van der Waals surface area contributed by atoms with E-state index in [9.17, 15) is 4.79 Å². The Hall–Kier alpha value is -3.66. The summed E-state index contributed by atoms with van der Waals surface area (Å²) in [5.41, 5.74) is 2.33. The largest absolute Gasteiger partial charge is 0.497 e. The highest BCUT2D eigenvalue weighted by molar-refractivity contribution is 7.99. The summed E-state index contributed by atoms with van der Waals surface area (Å²) in [6.07, 6.45) is -3.11. The highest BCUT2D eigenvalue weighted by Gasteiger charge is 2.51. The van der Waals surface area contributed by atoms with Crippen LogP contribution in [0.4, 0.5) is 0 Å². The van der Waals surface area contributed by atoms with Crippen molar-refractivity contribution in [3.63, 3.8) is 0 Å². The van der Waals surface area contributed by atoms with Gasteiger partial charge in [0.1, 0.15) is 29.5 Å². The van der Waals surface area contributed by atoms with E-state index in [4.69, 9.17) is 28.4 Å². The van der Waals surface area contributed by atoms with E-state index in [2.05, 4.69) is 0 Å². The maximum Gasteiger partial charge on any atom is 0.337 e. The van der Waals surface area contributed by atoms with Crippen LogP contribution in [-0.4, -0.2) is 50.0 Å². The van der Waals surface area contributed by atoms with Crippen molar-refractivity contribution >= 4 is 17.7 Å². The molecule has 43 heavy (non-hydrogen) atoms. The van der Waals surface area contributed by atoms with Crippen LogP contribution in [0.15, 0.2) is 120 Å². The fourth-order valence-electron chi connectivity index (χ4n) is 4.84. The Labute approximate surface area is 257 Å². The molecule has 1 fully saturated rings. The van der Waals surface area contributed by atoms with Gasteiger partial charge in [-0.15, -0.1) is 0 Å². The second kappa shape index (κ2) is 15.7. The van der Waals surface area contributed by atoms with Crippen molar-refractivity contribution in [2.45, 2.75) is 54.6 Å². The maximum atomic E-state index is 13.2. The number of carbonyl (C=O) groups is 1. The van der Waals surface area contributed by atoms with Gasteiger partial charge in [-0.1, -0.05) is 103 Å². The highest BCUT2D eigenvalue weighted by Crippen LogP contribution is 2.38. The SMILES string of the molecule is COC(=O)[C@H]1O[C@@H](Sc2ccccc2)[C@H](OCc2ccccc2)[C@@H](OCc2ccccc2)[C@@H]1OCc1ccc(OC)cc1. The van der Waals surface area contributed by atoms with Crippen LogP contribution in [0.2, 0.25) is 0 Å². The molecule has 1 heterocycles. The van der Waals surface area contributed by atoms with Crippen molar-refractivity contribution in [1.82, 2.24) is 0 Å². The summed E-state index contributed by atoms with van der Waals surface area (Å²) in [6, 6.07) is 37.3. The average molecular weight is 601 g/mol. The molecule has 5 rings (SSSR count). The van der Waals surface area contributed by atoms with E-state index in [-0.39, 0.29) is 6.61 Å². The van der Waals surface area contributed by atoms with Gasteiger partial charge in [-0.25, -0.2) is 4.79 Å². The van der Waals surface area contributed by atoms with Crippen LogP contribution >= 0.6 is 11.8 Å². The van der Waals surface area contributed by atoms with E-state index in [1.165, 1.54) is 18.9 Å². The second-order valence-electron chi connectivity index (χ2n) is 10.0. The predicted octanol–water partition coefficient (Wildman–Crippen LogP) is 6.44. The lowest BCUT2D eigenvalue weighted by Gasteiger charge is -2.45. The Morgan fingerprint density at radius 2 is 1.12 bits per heavy atom. The average Bonchev–Trinajstić information content (AvgIpc) is 3.07. The van der Waals surface area contributed by atoms with Crippen molar-refractivity contribution in [1.29, 1.82) is 0 Å². The van der Waals surface area contributed by atoms with E-state index >= 15 is 0 Å². The summed E-state index contributed by atoms with van der Waals surface area (Å²) >= 11 is 1.48. The minimum absolute atomic E-state index is 0.221. The van der Waals surface area contributed by atoms with Crippen LogP contribution in [0.1, 0.15) is 16.7 Å². The summed E-state index contributed by atoms with van der Waals surface area (Å²) in [5.74, 6) is 0.213. The summed E-state index contributed by atoms with van der Waals surface area (Å²) in [4.78, 5) is 14.2. The zero-order chi connectivity index (χ0) is 29.9. The fourth-order valence-corrected chi connectivity index (χ4v) is 5.97. The first-order valence-electron chi connectivity index (χ1n) is 14.1. The first-order chi connectivity index (χ1) is 21.1. The molecule has 0 unspecified atom stereocenters. The van der Waals surface area contributed by atoms with Gasteiger partial charge in [0, 0.05) is 4.90 Å². The Morgan fingerprint density at radius 1 is 0.628 bits per heavy atom. The van der Waals surface area contributed by atoms with Gasteiger partial charge in [-0.05, 0) is 41.0 Å². The monoisotopic (exact) mass is 600 g/mol. The number of esters is 1. The van der Waals surface area contributed by atoms with Gasteiger partial charge in [0.15, 0.2) is 6.10 Å². The van der Waals surface area contributed by atoms with Crippen LogP contribution in [0.5, 0.6) is 5.75 Å². The lowest BCUT2D eigenvalue weighted by molar-refractivity contribution is -0.248. The Balaban J connectivity index is 1.48. The van der Waals surface area contributed by atoms with Gasteiger partial charge in [0.05, 0.1) is 34.0 Å². The van der Waals surface area contributed by atoms with Gasteiger partial charge in [-0.3, -0.25) is 0 Å². The first kappa shape index (κ1) is 30.8. The van der Waals surface area contributed by atoms with Gasteiger partial charge in [0.2, 0.25) is 0 Å². The van der Waals surface area contributed by atoms with Crippen molar-refractivity contribution in [2.75, 3.05) is 14.2 Å². The normalized spacial score (nSPS) is 21.7. The van der Waals surface area contributed by atoms with Crippen molar-refractivity contribution in [2.24, 2.45) is 0 Å². The Morgan fingerprint density at radius 3 is 1.65 bits per heavy atom. The molecule has 1 aliphatic rings. The molecule has 0 spiro atoms. The van der Waals surface area contributed by atoms with Gasteiger partial charge in [-0.2, -0.15) is 0 Å². The van der Waals surface area contributed by atoms with Gasteiger partial charge >= 0.3 is 5.97 Å². The molecule has 8 heteroatoms. The molecule has 4 aromatic carbocycles. The lowest BCUT2D eigenvalue weighted by atomic mass is 9.98. The van der Waals surface area contributed by atoms with Crippen molar-refractivity contribution < 1.29 is 33.2 Å². The maximum absolute atomic E-state index is 13.2. The van der Waals surface area contributed by atoms with Crippen LogP contribution < -0.4 is 4.74 Å². The molecule has 224 valence electrons. The number of hydrogen-bond donors (Lipinski definition) is 0. The van der Waals surface area contributed by atoms with E-state index in [0.29, 0.717) is 13.2 Å².